The van der Waals surface area contributed by atoms with Gasteiger partial charge in [0.05, 0.1) is 17.4 Å². The minimum Gasteiger partial charge on any atom is -0.404 e. The van der Waals surface area contributed by atoms with Crippen LogP contribution in [0, 0.1) is 5.92 Å². The van der Waals surface area contributed by atoms with Crippen LogP contribution in [0.25, 0.3) is 0 Å². The Balaban J connectivity index is 1.56. The summed E-state index contributed by atoms with van der Waals surface area (Å²) in [5, 5.41) is 7.00. The maximum atomic E-state index is 5.87. The van der Waals surface area contributed by atoms with Crippen molar-refractivity contribution in [2.75, 3.05) is 23.7 Å². The largest absolute Gasteiger partial charge is 0.404 e. The molecule has 0 amide bonds. The van der Waals surface area contributed by atoms with E-state index in [0.29, 0.717) is 6.04 Å². The predicted octanol–water partition coefficient (Wildman–Crippen LogP) is 2.71. The number of anilines is 2. The zero-order valence-corrected chi connectivity index (χ0v) is 14.2. The maximum absolute atomic E-state index is 5.87. The summed E-state index contributed by atoms with van der Waals surface area (Å²) in [6, 6.07) is 8.82. The molecular formula is C19H29N5. The number of rotatable bonds is 5. The van der Waals surface area contributed by atoms with Crippen molar-refractivity contribution in [3.63, 3.8) is 0 Å². The molecule has 0 bridgehead atoms. The van der Waals surface area contributed by atoms with Crippen molar-refractivity contribution in [1.82, 2.24) is 0 Å². The van der Waals surface area contributed by atoms with Crippen molar-refractivity contribution in [2.45, 2.75) is 44.2 Å². The fourth-order valence-corrected chi connectivity index (χ4v) is 3.67. The highest BCUT2D eigenvalue weighted by Crippen LogP contribution is 2.29. The van der Waals surface area contributed by atoms with Crippen molar-refractivity contribution in [1.29, 1.82) is 0 Å². The first kappa shape index (κ1) is 16.8. The van der Waals surface area contributed by atoms with Crippen LogP contribution in [0.3, 0.4) is 0 Å². The Labute approximate surface area is 144 Å². The third-order valence-corrected chi connectivity index (χ3v) is 5.17. The number of hydrogen-bond donors (Lipinski definition) is 4. The molecule has 6 N–H and O–H groups in total. The number of benzene rings is 1. The number of para-hydroxylation sites is 2. The fraction of sp³-hybridized carbons (Fsp3) is 0.526. The number of fused-ring (bicyclic) bond motifs is 1. The molecule has 5 nitrogen and oxygen atoms in total. The van der Waals surface area contributed by atoms with E-state index in [-0.39, 0.29) is 6.04 Å². The van der Waals surface area contributed by atoms with Gasteiger partial charge < -0.3 is 22.1 Å². The van der Waals surface area contributed by atoms with Crippen LogP contribution in [0.4, 0.5) is 11.4 Å². The molecule has 0 aromatic heterocycles. The Morgan fingerprint density at radius 1 is 1.17 bits per heavy atom. The summed E-state index contributed by atoms with van der Waals surface area (Å²) in [7, 11) is 0. The zero-order valence-electron chi connectivity index (χ0n) is 14.2. The summed E-state index contributed by atoms with van der Waals surface area (Å²) in [6.45, 7) is 1.62. The first-order valence-electron chi connectivity index (χ1n) is 9.04. The molecule has 1 atom stereocenters. The standard InChI is InChI=1S/C19H29N5/c20-10-9-14-5-7-16(8-6-14)22-12-15(11-21)19-13-23-17-3-1-2-4-18(17)24-19/h1-4,11-12,14,16,19,23-24H,5-10,13,20-21H2. The summed E-state index contributed by atoms with van der Waals surface area (Å²) >= 11 is 0. The quantitative estimate of drug-likeness (QED) is 0.626. The third kappa shape index (κ3) is 4.09. The van der Waals surface area contributed by atoms with Crippen LogP contribution in [0.5, 0.6) is 0 Å². The van der Waals surface area contributed by atoms with Gasteiger partial charge in [-0.25, -0.2) is 0 Å². The molecule has 130 valence electrons. The van der Waals surface area contributed by atoms with Crippen LogP contribution < -0.4 is 22.1 Å². The van der Waals surface area contributed by atoms with E-state index >= 15 is 0 Å². The second kappa shape index (κ2) is 8.20. The Morgan fingerprint density at radius 3 is 2.62 bits per heavy atom. The fourth-order valence-electron chi connectivity index (χ4n) is 3.67. The van der Waals surface area contributed by atoms with Gasteiger partial charge in [0.25, 0.3) is 0 Å². The van der Waals surface area contributed by atoms with E-state index in [1.807, 2.05) is 18.3 Å². The molecule has 0 radical (unpaired) electrons. The summed E-state index contributed by atoms with van der Waals surface area (Å²) < 4.78 is 0. The second-order valence-corrected chi connectivity index (χ2v) is 6.82. The minimum absolute atomic E-state index is 0.155. The molecule has 0 spiro atoms. The van der Waals surface area contributed by atoms with E-state index in [4.69, 9.17) is 16.5 Å². The summed E-state index contributed by atoms with van der Waals surface area (Å²) in [6.07, 6.45) is 9.63. The van der Waals surface area contributed by atoms with Gasteiger partial charge in [-0.05, 0) is 56.7 Å². The lowest BCUT2D eigenvalue weighted by Crippen LogP contribution is -2.35. The topological polar surface area (TPSA) is 88.5 Å². The molecule has 0 saturated heterocycles. The van der Waals surface area contributed by atoms with Crippen LogP contribution in [-0.2, 0) is 0 Å². The van der Waals surface area contributed by atoms with Gasteiger partial charge in [0, 0.05) is 30.6 Å². The molecule has 1 fully saturated rings. The van der Waals surface area contributed by atoms with Crippen molar-refractivity contribution >= 4 is 17.6 Å². The monoisotopic (exact) mass is 327 g/mol. The lowest BCUT2D eigenvalue weighted by Gasteiger charge is -2.29. The highest BCUT2D eigenvalue weighted by Gasteiger charge is 2.21. The van der Waals surface area contributed by atoms with Crippen molar-refractivity contribution in [3.05, 3.63) is 36.0 Å². The Hall–Kier alpha value is -2.01. The number of hydrogen-bond acceptors (Lipinski definition) is 5. The molecule has 5 heteroatoms. The smallest absolute Gasteiger partial charge is 0.0716 e. The molecule has 3 rings (SSSR count). The molecule has 2 aliphatic rings. The molecular weight excluding hydrogens is 298 g/mol. The lowest BCUT2D eigenvalue weighted by atomic mass is 9.84. The Bertz CT molecular complexity index is 587. The van der Waals surface area contributed by atoms with Gasteiger partial charge >= 0.3 is 0 Å². The van der Waals surface area contributed by atoms with Gasteiger partial charge in [-0.2, -0.15) is 0 Å². The van der Waals surface area contributed by atoms with Gasteiger partial charge in [-0.3, -0.25) is 4.99 Å². The van der Waals surface area contributed by atoms with E-state index in [1.165, 1.54) is 12.8 Å². The molecule has 1 aliphatic carbocycles. The zero-order chi connectivity index (χ0) is 16.8. The molecule has 24 heavy (non-hydrogen) atoms. The van der Waals surface area contributed by atoms with E-state index in [9.17, 15) is 0 Å². The number of nitrogens with two attached hydrogens (primary N) is 2. The molecule has 1 unspecified atom stereocenters. The second-order valence-electron chi connectivity index (χ2n) is 6.82. The van der Waals surface area contributed by atoms with Gasteiger partial charge in [0.1, 0.15) is 0 Å². The SMILES string of the molecule is NC=C(C=NC1CCC(CCN)CC1)C1CNc2ccccc2N1. The summed E-state index contributed by atoms with van der Waals surface area (Å²) in [5.41, 5.74) is 14.8. The normalized spacial score (nSPS) is 27.4. The van der Waals surface area contributed by atoms with Crippen LogP contribution in [0.15, 0.2) is 41.0 Å². The van der Waals surface area contributed by atoms with Crippen molar-refractivity contribution in [2.24, 2.45) is 22.4 Å². The number of nitrogens with one attached hydrogen (secondary N) is 2. The predicted molar refractivity (Wildman–Crippen MR) is 103 cm³/mol. The Morgan fingerprint density at radius 2 is 1.92 bits per heavy atom. The van der Waals surface area contributed by atoms with Crippen LogP contribution in [-0.4, -0.2) is 31.4 Å². The average molecular weight is 327 g/mol. The van der Waals surface area contributed by atoms with Gasteiger partial charge in [0.15, 0.2) is 0 Å². The number of aliphatic imine (C=N–C) groups is 1. The van der Waals surface area contributed by atoms with Crippen LogP contribution >= 0.6 is 0 Å². The van der Waals surface area contributed by atoms with E-state index < -0.39 is 0 Å². The molecule has 1 aromatic carbocycles. The third-order valence-electron chi connectivity index (χ3n) is 5.17. The summed E-state index contributed by atoms with van der Waals surface area (Å²) in [4.78, 5) is 4.81. The first-order valence-corrected chi connectivity index (χ1v) is 9.04. The Kier molecular flexibility index (Phi) is 5.75. The van der Waals surface area contributed by atoms with Gasteiger partial charge in [0.2, 0.25) is 0 Å². The molecule has 1 aromatic rings. The van der Waals surface area contributed by atoms with Crippen molar-refractivity contribution in [3.8, 4) is 0 Å². The molecule has 1 heterocycles. The summed E-state index contributed by atoms with van der Waals surface area (Å²) in [5.74, 6) is 0.798. The highest BCUT2D eigenvalue weighted by atomic mass is 15.1. The van der Waals surface area contributed by atoms with E-state index in [0.717, 1.165) is 55.2 Å². The van der Waals surface area contributed by atoms with Gasteiger partial charge in [-0.15, -0.1) is 0 Å². The minimum atomic E-state index is 0.155. The van der Waals surface area contributed by atoms with Crippen LogP contribution in [0.1, 0.15) is 32.1 Å². The maximum Gasteiger partial charge on any atom is 0.0716 e. The van der Waals surface area contributed by atoms with Crippen LogP contribution in [0.2, 0.25) is 0 Å². The molecule has 1 aliphatic heterocycles. The highest BCUT2D eigenvalue weighted by molar-refractivity contribution is 5.83. The van der Waals surface area contributed by atoms with E-state index in [2.05, 4.69) is 22.8 Å². The van der Waals surface area contributed by atoms with Crippen molar-refractivity contribution < 1.29 is 0 Å². The first-order chi connectivity index (χ1) is 11.8. The van der Waals surface area contributed by atoms with Gasteiger partial charge in [-0.1, -0.05) is 12.1 Å². The number of nitrogens with zero attached hydrogens (tertiary/aromatic N) is 1. The average Bonchev–Trinajstić information content (AvgIpc) is 2.64. The van der Waals surface area contributed by atoms with E-state index in [1.54, 1.807) is 6.20 Å². The molecule has 1 saturated carbocycles. The lowest BCUT2D eigenvalue weighted by molar-refractivity contribution is 0.315.